The van der Waals surface area contributed by atoms with Gasteiger partial charge in [0, 0.05) is 6.42 Å². The topological polar surface area (TPSA) is 52.6 Å². The van der Waals surface area contributed by atoms with Crippen LogP contribution in [0.4, 0.5) is 0 Å². The Morgan fingerprint density at radius 3 is 2.61 bits per heavy atom. The first-order chi connectivity index (χ1) is 8.58. The average Bonchev–Trinajstić information content (AvgIpc) is 2.57. The third-order valence-corrected chi connectivity index (χ3v) is 3.25. The summed E-state index contributed by atoms with van der Waals surface area (Å²) in [7, 11) is 2.88. The molecular weight excluding hydrogens is 300 g/mol. The number of halogens is 1. The molecule has 0 aliphatic heterocycles. The maximum absolute atomic E-state index is 11.9. The Kier molecular flexibility index (Phi) is 5.85. The molecule has 0 unspecified atom stereocenters. The van der Waals surface area contributed by atoms with Crippen molar-refractivity contribution in [1.29, 1.82) is 0 Å². The minimum absolute atomic E-state index is 0.0504. The van der Waals surface area contributed by atoms with Crippen molar-refractivity contribution in [3.63, 3.8) is 0 Å². The van der Waals surface area contributed by atoms with Crippen LogP contribution < -0.4 is 0 Å². The van der Waals surface area contributed by atoms with Gasteiger partial charge in [-0.05, 0) is 34.0 Å². The Hall–Kier alpha value is -1.36. The summed E-state index contributed by atoms with van der Waals surface area (Å²) < 4.78 is 10.5. The van der Waals surface area contributed by atoms with Crippen molar-refractivity contribution in [2.45, 2.75) is 19.3 Å². The number of carbonyl (C=O) groups excluding carboxylic acids is 2. The lowest BCUT2D eigenvalue weighted by molar-refractivity contribution is -0.141. The van der Waals surface area contributed by atoms with E-state index in [-0.39, 0.29) is 24.6 Å². The summed E-state index contributed by atoms with van der Waals surface area (Å²) in [6.45, 7) is 0. The fourth-order valence-electron chi connectivity index (χ4n) is 1.47. The van der Waals surface area contributed by atoms with Crippen LogP contribution in [-0.4, -0.2) is 26.0 Å². The van der Waals surface area contributed by atoms with E-state index >= 15 is 0 Å². The van der Waals surface area contributed by atoms with E-state index in [4.69, 9.17) is 4.74 Å². The van der Waals surface area contributed by atoms with Crippen molar-refractivity contribution in [2.75, 3.05) is 14.2 Å². The highest BCUT2D eigenvalue weighted by molar-refractivity contribution is 9.11. The Morgan fingerprint density at radius 1 is 1.28 bits per heavy atom. The van der Waals surface area contributed by atoms with E-state index in [0.29, 0.717) is 17.8 Å². The minimum Gasteiger partial charge on any atom is -0.496 e. The molecule has 18 heavy (non-hydrogen) atoms. The fraction of sp³-hybridized carbons (Fsp3) is 0.385. The number of Topliss-reactive ketones (excluding diaryl/α,β-unsaturated/α-hetero) is 1. The number of rotatable bonds is 5. The van der Waals surface area contributed by atoms with Gasteiger partial charge in [-0.2, -0.15) is 0 Å². The van der Waals surface area contributed by atoms with Gasteiger partial charge >= 0.3 is 5.97 Å². The highest BCUT2D eigenvalue weighted by Crippen LogP contribution is 2.24. The summed E-state index contributed by atoms with van der Waals surface area (Å²) in [6, 6.07) is 0. The van der Waals surface area contributed by atoms with Crippen LogP contribution in [-0.2, 0) is 19.1 Å². The molecule has 98 valence electrons. The van der Waals surface area contributed by atoms with Crippen molar-refractivity contribution >= 4 is 27.7 Å². The second kappa shape index (κ2) is 7.16. The van der Waals surface area contributed by atoms with Crippen LogP contribution in [0.3, 0.4) is 0 Å². The van der Waals surface area contributed by atoms with E-state index < -0.39 is 0 Å². The Labute approximate surface area is 114 Å². The summed E-state index contributed by atoms with van der Waals surface area (Å²) in [5, 5.41) is 0. The quantitative estimate of drug-likeness (QED) is 0.732. The molecular formula is C13H15BrO4. The normalized spacial score (nSPS) is 14.9. The van der Waals surface area contributed by atoms with Gasteiger partial charge in [0.1, 0.15) is 5.76 Å². The van der Waals surface area contributed by atoms with Crippen molar-refractivity contribution in [2.24, 2.45) is 0 Å². The maximum Gasteiger partial charge on any atom is 0.305 e. The van der Waals surface area contributed by atoms with Crippen LogP contribution >= 0.6 is 15.9 Å². The standard InChI is InChI=1S/C13H15BrO4/c1-17-12-7-4-9(3-5-10(12)14)11(15)6-8-13(16)18-2/h4-5,7H,3,6,8H2,1-2H3. The third kappa shape index (κ3) is 4.14. The van der Waals surface area contributed by atoms with Gasteiger partial charge in [0.15, 0.2) is 5.78 Å². The predicted molar refractivity (Wildman–Crippen MR) is 71.1 cm³/mol. The molecule has 0 amide bonds. The molecule has 0 saturated heterocycles. The SMILES string of the molecule is COC(=O)CCC(=O)C1=CC=C(OC)C(Br)=CC1. The first-order valence-corrected chi connectivity index (χ1v) is 6.28. The van der Waals surface area contributed by atoms with Gasteiger partial charge in [-0.15, -0.1) is 0 Å². The van der Waals surface area contributed by atoms with Gasteiger partial charge < -0.3 is 9.47 Å². The molecule has 0 fully saturated rings. The van der Waals surface area contributed by atoms with Crippen molar-refractivity contribution in [3.05, 3.63) is 34.0 Å². The molecule has 4 nitrogen and oxygen atoms in total. The second-order valence-corrected chi connectivity index (χ2v) is 4.54. The molecule has 0 aromatic carbocycles. The van der Waals surface area contributed by atoms with Gasteiger partial charge in [-0.1, -0.05) is 12.2 Å². The molecule has 0 aromatic heterocycles. The van der Waals surface area contributed by atoms with Crippen LogP contribution in [0.15, 0.2) is 34.0 Å². The number of ether oxygens (including phenoxy) is 2. The lowest BCUT2D eigenvalue weighted by Crippen LogP contribution is -2.07. The molecule has 0 aromatic rings. The number of allylic oxidation sites excluding steroid dienone is 5. The largest absolute Gasteiger partial charge is 0.496 e. The Balaban J connectivity index is 2.68. The number of methoxy groups -OCH3 is 2. The number of esters is 1. The second-order valence-electron chi connectivity index (χ2n) is 3.68. The number of ketones is 1. The van der Waals surface area contributed by atoms with Crippen LogP contribution in [0.2, 0.25) is 0 Å². The van der Waals surface area contributed by atoms with Crippen LogP contribution in [0.1, 0.15) is 19.3 Å². The molecule has 0 spiro atoms. The van der Waals surface area contributed by atoms with Gasteiger partial charge in [-0.25, -0.2) is 0 Å². The van der Waals surface area contributed by atoms with E-state index in [2.05, 4.69) is 20.7 Å². The maximum atomic E-state index is 11.9. The zero-order chi connectivity index (χ0) is 13.5. The van der Waals surface area contributed by atoms with Gasteiger partial charge in [0.05, 0.1) is 25.1 Å². The third-order valence-electron chi connectivity index (χ3n) is 2.53. The van der Waals surface area contributed by atoms with Crippen LogP contribution in [0.25, 0.3) is 0 Å². The predicted octanol–water partition coefficient (Wildman–Crippen LogP) is 2.65. The van der Waals surface area contributed by atoms with Crippen molar-refractivity contribution < 1.29 is 19.1 Å². The molecule has 0 saturated carbocycles. The van der Waals surface area contributed by atoms with Crippen LogP contribution in [0, 0.1) is 0 Å². The van der Waals surface area contributed by atoms with Crippen LogP contribution in [0.5, 0.6) is 0 Å². The van der Waals surface area contributed by atoms with Gasteiger partial charge in [0.2, 0.25) is 0 Å². The van der Waals surface area contributed by atoms with E-state index in [1.165, 1.54) is 7.11 Å². The average molecular weight is 315 g/mol. The molecule has 1 aliphatic carbocycles. The van der Waals surface area contributed by atoms with E-state index in [0.717, 1.165) is 4.48 Å². The first-order valence-electron chi connectivity index (χ1n) is 5.49. The summed E-state index contributed by atoms with van der Waals surface area (Å²) >= 11 is 3.36. The van der Waals surface area contributed by atoms with Crippen molar-refractivity contribution in [3.8, 4) is 0 Å². The molecule has 0 N–H and O–H groups in total. The van der Waals surface area contributed by atoms with Gasteiger partial charge in [-0.3, -0.25) is 9.59 Å². The highest BCUT2D eigenvalue weighted by Gasteiger charge is 2.14. The number of carbonyl (C=O) groups is 2. The number of hydrogen-bond donors (Lipinski definition) is 0. The first kappa shape index (κ1) is 14.7. The van der Waals surface area contributed by atoms with E-state index in [9.17, 15) is 9.59 Å². The lowest BCUT2D eigenvalue weighted by Gasteiger charge is -2.02. The fourth-order valence-corrected chi connectivity index (χ4v) is 1.93. The molecule has 0 bridgehead atoms. The van der Waals surface area contributed by atoms with E-state index in [1.807, 2.05) is 6.08 Å². The summed E-state index contributed by atoms with van der Waals surface area (Å²) in [5.41, 5.74) is 0.655. The summed E-state index contributed by atoms with van der Waals surface area (Å²) in [6.07, 6.45) is 6.12. The summed E-state index contributed by atoms with van der Waals surface area (Å²) in [4.78, 5) is 22.9. The minimum atomic E-state index is -0.373. The lowest BCUT2D eigenvalue weighted by atomic mass is 10.0. The molecule has 5 heteroatoms. The molecule has 0 radical (unpaired) electrons. The molecule has 1 rings (SSSR count). The van der Waals surface area contributed by atoms with E-state index in [1.54, 1.807) is 19.3 Å². The monoisotopic (exact) mass is 314 g/mol. The molecule has 0 atom stereocenters. The van der Waals surface area contributed by atoms with Crippen molar-refractivity contribution in [1.82, 2.24) is 0 Å². The zero-order valence-corrected chi connectivity index (χ0v) is 12.0. The van der Waals surface area contributed by atoms with Gasteiger partial charge in [0.25, 0.3) is 0 Å². The smallest absolute Gasteiger partial charge is 0.305 e. The zero-order valence-electron chi connectivity index (χ0n) is 10.4. The Morgan fingerprint density at radius 2 is 2.00 bits per heavy atom. The summed E-state index contributed by atoms with van der Waals surface area (Å²) in [5.74, 6) is 0.249. The Bertz CT molecular complexity index is 432. The molecule has 0 heterocycles. The highest BCUT2D eigenvalue weighted by atomic mass is 79.9. The molecule has 1 aliphatic rings. The number of hydrogen-bond acceptors (Lipinski definition) is 4.